The third-order valence-electron chi connectivity index (χ3n) is 8.53. The second-order valence-corrected chi connectivity index (χ2v) is 11.4. The van der Waals surface area contributed by atoms with Crippen molar-refractivity contribution < 1.29 is 30.9 Å². The van der Waals surface area contributed by atoms with Gasteiger partial charge in [-0.05, 0) is 12.8 Å². The van der Waals surface area contributed by atoms with Crippen molar-refractivity contribution in [1.29, 1.82) is 0 Å². The molecule has 0 radical (unpaired) electrons. The monoisotopic (exact) mass is 636 g/mol. The maximum atomic E-state index is 4.94. The average Bonchev–Trinajstić information content (AvgIpc) is 3.88. The third kappa shape index (κ3) is 10.8. The SMILES string of the molecule is C1CCCC1.C1CCCC1.C1CCOC1.[CH3-].[Zr+2].c1ccc([B-](c2ccccc2)(c2ccccc2)c2ccccc2)cc1. The molecule has 0 spiro atoms. The van der Waals surface area contributed by atoms with Gasteiger partial charge in [0.15, 0.2) is 0 Å². The topological polar surface area (TPSA) is 9.23 Å². The maximum Gasteiger partial charge on any atom is 2.00 e. The summed E-state index contributed by atoms with van der Waals surface area (Å²) in [5.74, 6) is 0. The fourth-order valence-corrected chi connectivity index (χ4v) is 6.40. The predicted octanol–water partition coefficient (Wildman–Crippen LogP) is 8.21. The van der Waals surface area contributed by atoms with Gasteiger partial charge >= 0.3 is 26.2 Å². The average molecular weight is 638 g/mol. The van der Waals surface area contributed by atoms with Gasteiger partial charge in [-0.25, -0.2) is 0 Å². The molecule has 0 amide bonds. The van der Waals surface area contributed by atoms with Crippen LogP contribution in [0.4, 0.5) is 0 Å². The van der Waals surface area contributed by atoms with Gasteiger partial charge in [-0.15, -0.1) is 0 Å². The van der Waals surface area contributed by atoms with E-state index in [9.17, 15) is 0 Å². The molecular weight excluding hydrogens is 586 g/mol. The molecule has 3 fully saturated rings. The molecule has 42 heavy (non-hydrogen) atoms. The molecule has 220 valence electrons. The van der Waals surface area contributed by atoms with Crippen LogP contribution in [-0.4, -0.2) is 19.4 Å². The normalized spacial score (nSPS) is 15.2. The minimum atomic E-state index is -1.22. The number of rotatable bonds is 4. The van der Waals surface area contributed by atoms with Gasteiger partial charge in [0.1, 0.15) is 6.15 Å². The Bertz CT molecular complexity index is 946. The Labute approximate surface area is 276 Å². The van der Waals surface area contributed by atoms with Crippen LogP contribution in [-0.2, 0) is 30.9 Å². The second kappa shape index (κ2) is 21.5. The van der Waals surface area contributed by atoms with Crippen LogP contribution in [0.2, 0.25) is 0 Å². The fraction of sp³-hybridized carbons (Fsp3) is 0.359. The van der Waals surface area contributed by atoms with Gasteiger partial charge in [0.2, 0.25) is 0 Å². The van der Waals surface area contributed by atoms with Crippen molar-refractivity contribution in [2.75, 3.05) is 13.2 Å². The van der Waals surface area contributed by atoms with E-state index in [1.165, 1.54) is 98.9 Å². The molecule has 1 aliphatic heterocycles. The Morgan fingerprint density at radius 2 is 0.548 bits per heavy atom. The summed E-state index contributed by atoms with van der Waals surface area (Å²) in [7, 11) is 0. The second-order valence-electron chi connectivity index (χ2n) is 11.4. The van der Waals surface area contributed by atoms with Crippen LogP contribution in [0.25, 0.3) is 0 Å². The summed E-state index contributed by atoms with van der Waals surface area (Å²) in [5.41, 5.74) is 5.36. The van der Waals surface area contributed by atoms with Crippen molar-refractivity contribution in [3.63, 3.8) is 0 Å². The van der Waals surface area contributed by atoms with Crippen molar-refractivity contribution >= 4 is 28.0 Å². The van der Waals surface area contributed by atoms with Crippen LogP contribution in [0, 0.1) is 7.43 Å². The summed E-state index contributed by atoms with van der Waals surface area (Å²) in [6.07, 6.45) is 16.3. The van der Waals surface area contributed by atoms with E-state index in [1.54, 1.807) is 0 Å². The van der Waals surface area contributed by atoms with Crippen molar-refractivity contribution in [3.8, 4) is 0 Å². The Morgan fingerprint density at radius 3 is 0.714 bits per heavy atom. The largest absolute Gasteiger partial charge is 2.00 e. The Kier molecular flexibility index (Phi) is 18.4. The minimum absolute atomic E-state index is 0. The predicted molar refractivity (Wildman–Crippen MR) is 183 cm³/mol. The van der Waals surface area contributed by atoms with Crippen molar-refractivity contribution in [2.45, 2.75) is 77.0 Å². The standard InChI is InChI=1S/C24H20B.2C5H10.C4H8O.CH3.Zr/c1-5-13-21(14-6-1)25(22-15-7-2-8-16-22,23-17-9-3-10-18-23)24-19-11-4-12-20-24;3*1-2-4-5-3-1;;/h1-20H;2*1-5H2;1-4H2;1H3;/q-1;;;;-1;+2. The smallest absolute Gasteiger partial charge is 0.381 e. The van der Waals surface area contributed by atoms with Crippen LogP contribution in [0.3, 0.4) is 0 Å². The molecule has 1 nitrogen and oxygen atoms in total. The third-order valence-corrected chi connectivity index (χ3v) is 8.53. The Balaban J connectivity index is 0.000000294. The zero-order valence-electron chi connectivity index (χ0n) is 25.9. The zero-order chi connectivity index (χ0) is 27.6. The van der Waals surface area contributed by atoms with E-state index < -0.39 is 6.15 Å². The van der Waals surface area contributed by atoms with Crippen LogP contribution >= 0.6 is 0 Å². The molecule has 3 heteroatoms. The summed E-state index contributed by atoms with van der Waals surface area (Å²) in [5, 5.41) is 0. The van der Waals surface area contributed by atoms with E-state index >= 15 is 0 Å². The summed E-state index contributed by atoms with van der Waals surface area (Å²) in [6, 6.07) is 43.5. The van der Waals surface area contributed by atoms with Gasteiger partial charge in [-0.3, -0.25) is 0 Å². The summed E-state index contributed by atoms with van der Waals surface area (Å²) < 4.78 is 4.94. The molecule has 7 rings (SSSR count). The molecule has 2 saturated carbocycles. The number of hydrogen-bond acceptors (Lipinski definition) is 1. The van der Waals surface area contributed by atoms with Gasteiger partial charge in [0.25, 0.3) is 0 Å². The van der Waals surface area contributed by atoms with Crippen molar-refractivity contribution in [2.24, 2.45) is 0 Å². The molecule has 4 aromatic rings. The maximum absolute atomic E-state index is 4.94. The van der Waals surface area contributed by atoms with Gasteiger partial charge in [0.05, 0.1) is 0 Å². The Hall–Kier alpha value is -2.21. The molecule has 2 aliphatic carbocycles. The molecule has 0 atom stereocenters. The van der Waals surface area contributed by atoms with Gasteiger partial charge in [0, 0.05) is 13.2 Å². The van der Waals surface area contributed by atoms with E-state index in [0.717, 1.165) is 13.2 Å². The first-order chi connectivity index (χ1) is 19.9. The van der Waals surface area contributed by atoms with Crippen LogP contribution < -0.4 is 21.9 Å². The summed E-state index contributed by atoms with van der Waals surface area (Å²) in [4.78, 5) is 0. The molecule has 1 saturated heterocycles. The van der Waals surface area contributed by atoms with E-state index in [-0.39, 0.29) is 33.6 Å². The molecule has 3 aliphatic rings. The first-order valence-electron chi connectivity index (χ1n) is 15.9. The summed E-state index contributed by atoms with van der Waals surface area (Å²) in [6.45, 7) is 2.00. The van der Waals surface area contributed by atoms with Crippen LogP contribution in [0.5, 0.6) is 0 Å². The van der Waals surface area contributed by atoms with E-state index in [0.29, 0.717) is 0 Å². The first kappa shape index (κ1) is 36.0. The molecule has 0 N–H and O–H groups in total. The summed E-state index contributed by atoms with van der Waals surface area (Å²) >= 11 is 0. The van der Waals surface area contributed by atoms with Crippen LogP contribution in [0.1, 0.15) is 77.0 Å². The van der Waals surface area contributed by atoms with Gasteiger partial charge in [-0.1, -0.05) is 186 Å². The van der Waals surface area contributed by atoms with Crippen molar-refractivity contribution in [1.82, 2.24) is 0 Å². The van der Waals surface area contributed by atoms with E-state index in [2.05, 4.69) is 121 Å². The quantitative estimate of drug-likeness (QED) is 0.162. The molecule has 0 unspecified atom stereocenters. The molecule has 4 aromatic carbocycles. The minimum Gasteiger partial charge on any atom is -0.381 e. The van der Waals surface area contributed by atoms with E-state index in [1.807, 2.05) is 0 Å². The Morgan fingerprint density at radius 1 is 0.333 bits per heavy atom. The van der Waals surface area contributed by atoms with Crippen molar-refractivity contribution in [3.05, 3.63) is 129 Å². The molecule has 0 aromatic heterocycles. The molecule has 1 heterocycles. The fourth-order valence-electron chi connectivity index (χ4n) is 6.40. The first-order valence-corrected chi connectivity index (χ1v) is 15.9. The zero-order valence-corrected chi connectivity index (χ0v) is 28.4. The van der Waals surface area contributed by atoms with E-state index in [4.69, 9.17) is 4.74 Å². The number of ether oxygens (including phenoxy) is 1. The number of benzene rings is 4. The molecular formula is C39H51BOZr. The van der Waals surface area contributed by atoms with Gasteiger partial charge in [-0.2, -0.15) is 21.9 Å². The molecule has 0 bridgehead atoms. The van der Waals surface area contributed by atoms with Crippen LogP contribution in [0.15, 0.2) is 121 Å². The van der Waals surface area contributed by atoms with Gasteiger partial charge < -0.3 is 12.2 Å². The number of hydrogen-bond donors (Lipinski definition) is 0.